The van der Waals surface area contributed by atoms with Crippen LogP contribution in [0.5, 0.6) is 0 Å². The number of anilines is 1. The van der Waals surface area contributed by atoms with E-state index in [4.69, 9.17) is 0 Å². The number of carbonyl (C=O) groups excluding carboxylic acids is 1. The van der Waals surface area contributed by atoms with Crippen LogP contribution < -0.4 is 9.83 Å². The molecule has 0 saturated carbocycles. The van der Waals surface area contributed by atoms with Gasteiger partial charge in [0.2, 0.25) is 0 Å². The zero-order valence-electron chi connectivity index (χ0n) is 12.1. The summed E-state index contributed by atoms with van der Waals surface area (Å²) in [5.74, 6) is -1.37. The molecule has 8 nitrogen and oxygen atoms in total. The summed E-state index contributed by atoms with van der Waals surface area (Å²) in [7, 11) is -3.93. The highest BCUT2D eigenvalue weighted by atomic mass is 32.2. The van der Waals surface area contributed by atoms with Gasteiger partial charge in [0.25, 0.3) is 15.7 Å². The molecule has 0 saturated heterocycles. The summed E-state index contributed by atoms with van der Waals surface area (Å²) in [6.45, 7) is 0. The largest absolute Gasteiger partial charge is 0.545 e. The van der Waals surface area contributed by atoms with E-state index in [1.165, 1.54) is 18.2 Å². The molecule has 0 aliphatic carbocycles. The zero-order chi connectivity index (χ0) is 17.7. The summed E-state index contributed by atoms with van der Waals surface area (Å²) < 4.78 is 26.8. The average Bonchev–Trinajstić information content (AvgIpc) is 2.53. The molecule has 0 aliphatic rings. The summed E-state index contributed by atoms with van der Waals surface area (Å²) in [6.07, 6.45) is 2.09. The number of aliphatic carboxylic acids is 1. The van der Waals surface area contributed by atoms with Crippen LogP contribution in [-0.4, -0.2) is 19.3 Å². The third-order valence-electron chi connectivity index (χ3n) is 2.91. The minimum atomic E-state index is -3.93. The van der Waals surface area contributed by atoms with E-state index in [2.05, 4.69) is 4.72 Å². The summed E-state index contributed by atoms with van der Waals surface area (Å²) in [5, 5.41) is 21.0. The Kier molecular flexibility index (Phi) is 4.95. The van der Waals surface area contributed by atoms with Gasteiger partial charge in [-0.1, -0.05) is 18.2 Å². The van der Waals surface area contributed by atoms with E-state index in [0.717, 1.165) is 30.3 Å². The van der Waals surface area contributed by atoms with Gasteiger partial charge in [-0.15, -0.1) is 0 Å². The number of hydrogen-bond donors (Lipinski definition) is 1. The van der Waals surface area contributed by atoms with Crippen LogP contribution in [0.1, 0.15) is 5.56 Å². The fourth-order valence-electron chi connectivity index (χ4n) is 1.83. The highest BCUT2D eigenvalue weighted by Crippen LogP contribution is 2.20. The molecule has 0 heterocycles. The van der Waals surface area contributed by atoms with Gasteiger partial charge in [0.05, 0.1) is 15.8 Å². The maximum Gasteiger partial charge on any atom is 0.269 e. The number of benzene rings is 2. The van der Waals surface area contributed by atoms with E-state index in [1.54, 1.807) is 12.1 Å². The van der Waals surface area contributed by atoms with Crippen molar-refractivity contribution in [3.63, 3.8) is 0 Å². The Morgan fingerprint density at radius 1 is 1.12 bits per heavy atom. The molecule has 2 aromatic carbocycles. The Bertz CT molecular complexity index is 904. The van der Waals surface area contributed by atoms with E-state index in [-0.39, 0.29) is 16.3 Å². The van der Waals surface area contributed by atoms with Gasteiger partial charge in [-0.3, -0.25) is 14.8 Å². The molecule has 2 aromatic rings. The molecule has 0 aliphatic heterocycles. The minimum absolute atomic E-state index is 0.135. The van der Waals surface area contributed by atoms with Crippen LogP contribution in [0, 0.1) is 10.1 Å². The van der Waals surface area contributed by atoms with Gasteiger partial charge >= 0.3 is 0 Å². The predicted octanol–water partition coefficient (Wildman–Crippen LogP) is 1.16. The molecule has 9 heteroatoms. The van der Waals surface area contributed by atoms with Crippen molar-refractivity contribution in [2.75, 3.05) is 4.72 Å². The van der Waals surface area contributed by atoms with Crippen LogP contribution in [0.15, 0.2) is 59.5 Å². The number of carbonyl (C=O) groups is 1. The quantitative estimate of drug-likeness (QED) is 0.474. The zero-order valence-corrected chi connectivity index (χ0v) is 12.9. The maximum absolute atomic E-state index is 12.3. The number of carboxylic acids is 1. The average molecular weight is 347 g/mol. The fraction of sp³-hybridized carbons (Fsp3) is 0. The van der Waals surface area contributed by atoms with Crippen molar-refractivity contribution in [1.29, 1.82) is 0 Å². The lowest BCUT2D eigenvalue weighted by Crippen LogP contribution is -2.18. The molecule has 0 unspecified atom stereocenters. The van der Waals surface area contributed by atoms with Gasteiger partial charge in [0.15, 0.2) is 0 Å². The van der Waals surface area contributed by atoms with E-state index in [1.807, 2.05) is 0 Å². The van der Waals surface area contributed by atoms with Gasteiger partial charge in [0, 0.05) is 17.8 Å². The third kappa shape index (κ3) is 4.40. The SMILES string of the molecule is O=C([O-])/C=C/c1cccc(NS(=O)(=O)c2ccc([N+](=O)[O-])cc2)c1. The third-order valence-corrected chi connectivity index (χ3v) is 4.31. The lowest BCUT2D eigenvalue weighted by atomic mass is 10.2. The molecule has 0 bridgehead atoms. The number of sulfonamides is 1. The number of carboxylic acid groups (broad SMARTS) is 1. The molecule has 0 aromatic heterocycles. The molecule has 0 radical (unpaired) electrons. The summed E-state index contributed by atoms with van der Waals surface area (Å²) >= 11 is 0. The summed E-state index contributed by atoms with van der Waals surface area (Å²) in [5.41, 5.74) is 0.459. The second kappa shape index (κ2) is 6.92. The molecule has 0 fully saturated rings. The fourth-order valence-corrected chi connectivity index (χ4v) is 2.88. The van der Waals surface area contributed by atoms with Crippen molar-refractivity contribution in [2.24, 2.45) is 0 Å². The molecular weight excluding hydrogens is 336 g/mol. The highest BCUT2D eigenvalue weighted by molar-refractivity contribution is 7.92. The normalized spacial score (nSPS) is 11.3. The number of hydrogen-bond acceptors (Lipinski definition) is 6. The smallest absolute Gasteiger partial charge is 0.269 e. The van der Waals surface area contributed by atoms with Gasteiger partial charge in [0.1, 0.15) is 0 Å². The first-order chi connectivity index (χ1) is 11.3. The molecule has 0 amide bonds. The first-order valence-corrected chi connectivity index (χ1v) is 8.03. The monoisotopic (exact) mass is 347 g/mol. The Morgan fingerprint density at radius 3 is 2.38 bits per heavy atom. The minimum Gasteiger partial charge on any atom is -0.545 e. The van der Waals surface area contributed by atoms with Crippen molar-refractivity contribution >= 4 is 33.4 Å². The van der Waals surface area contributed by atoms with Crippen LogP contribution in [-0.2, 0) is 14.8 Å². The molecule has 0 spiro atoms. The molecule has 2 rings (SSSR count). The van der Waals surface area contributed by atoms with Gasteiger partial charge < -0.3 is 9.90 Å². The van der Waals surface area contributed by atoms with Crippen molar-refractivity contribution in [1.82, 2.24) is 0 Å². The lowest BCUT2D eigenvalue weighted by molar-refractivity contribution is -0.384. The van der Waals surface area contributed by atoms with Gasteiger partial charge in [-0.25, -0.2) is 8.42 Å². The molecule has 24 heavy (non-hydrogen) atoms. The number of non-ortho nitro benzene ring substituents is 1. The summed E-state index contributed by atoms with van der Waals surface area (Å²) in [6, 6.07) is 10.5. The number of nitrogens with one attached hydrogen (secondary N) is 1. The Morgan fingerprint density at radius 2 is 1.79 bits per heavy atom. The second-order valence-electron chi connectivity index (χ2n) is 4.63. The van der Waals surface area contributed by atoms with Crippen LogP contribution in [0.25, 0.3) is 6.08 Å². The standard InChI is InChI=1S/C15H12N2O6S/c18-15(19)9-4-11-2-1-3-12(10-11)16-24(22,23)14-7-5-13(6-8-14)17(20)21/h1-10,16H,(H,18,19)/p-1/b9-4+. The first-order valence-electron chi connectivity index (χ1n) is 6.54. The molecular formula is C15H11N2O6S-. The lowest BCUT2D eigenvalue weighted by Gasteiger charge is -2.08. The number of nitro groups is 1. The number of nitro benzene ring substituents is 1. The maximum atomic E-state index is 12.3. The van der Waals surface area contributed by atoms with E-state index in [9.17, 15) is 28.4 Å². The summed E-state index contributed by atoms with van der Waals surface area (Å²) in [4.78, 5) is 20.2. The Labute approximate surface area is 137 Å². The van der Waals surface area contributed by atoms with E-state index in [0.29, 0.717) is 5.56 Å². The topological polar surface area (TPSA) is 129 Å². The van der Waals surface area contributed by atoms with Crippen molar-refractivity contribution < 1.29 is 23.2 Å². The highest BCUT2D eigenvalue weighted by Gasteiger charge is 2.16. The molecule has 124 valence electrons. The Balaban J connectivity index is 2.24. The predicted molar refractivity (Wildman–Crippen MR) is 84.4 cm³/mol. The van der Waals surface area contributed by atoms with Gasteiger partial charge in [-0.05, 0) is 35.9 Å². The Hall–Kier alpha value is -3.20. The van der Waals surface area contributed by atoms with Crippen molar-refractivity contribution in [3.8, 4) is 0 Å². The molecule has 0 atom stereocenters. The van der Waals surface area contributed by atoms with E-state index >= 15 is 0 Å². The number of rotatable bonds is 6. The first kappa shape index (κ1) is 17.2. The van der Waals surface area contributed by atoms with Crippen molar-refractivity contribution in [2.45, 2.75) is 4.90 Å². The van der Waals surface area contributed by atoms with Gasteiger partial charge in [-0.2, -0.15) is 0 Å². The second-order valence-corrected chi connectivity index (χ2v) is 6.32. The van der Waals surface area contributed by atoms with Crippen molar-refractivity contribution in [3.05, 3.63) is 70.3 Å². The van der Waals surface area contributed by atoms with Crippen LogP contribution in [0.4, 0.5) is 11.4 Å². The number of nitrogens with zero attached hydrogens (tertiary/aromatic N) is 1. The van der Waals surface area contributed by atoms with Crippen LogP contribution in [0.2, 0.25) is 0 Å². The van der Waals surface area contributed by atoms with E-state index < -0.39 is 20.9 Å². The molecule has 1 N–H and O–H groups in total. The van der Waals surface area contributed by atoms with Crippen LogP contribution >= 0.6 is 0 Å². The van der Waals surface area contributed by atoms with Crippen LogP contribution in [0.3, 0.4) is 0 Å².